The number of nitrogens with one attached hydrogen (secondary N) is 2. The zero-order chi connectivity index (χ0) is 19.9. The number of nitrogens with zero attached hydrogens (tertiary/aromatic N) is 2. The predicted molar refractivity (Wildman–Crippen MR) is 100 cm³/mol. The average Bonchev–Trinajstić information content (AvgIpc) is 2.64. The molecule has 3 amide bonds. The van der Waals surface area contributed by atoms with E-state index in [0.717, 1.165) is 12.8 Å². The molecule has 2 rings (SSSR count). The first-order valence-corrected chi connectivity index (χ1v) is 9.18. The number of hydrogen-bond donors (Lipinski definition) is 2. The van der Waals surface area contributed by atoms with Crippen LogP contribution in [0.25, 0.3) is 0 Å². The highest BCUT2D eigenvalue weighted by Crippen LogP contribution is 2.16. The number of rotatable bonds is 5. The van der Waals surface area contributed by atoms with Crippen molar-refractivity contribution in [2.24, 2.45) is 5.92 Å². The molecule has 0 radical (unpaired) electrons. The number of likely N-dealkylation sites (tertiary alicyclic amines) is 1. The molecular weight excluding hydrogens is 348 g/mol. The first kappa shape index (κ1) is 20.7. The van der Waals surface area contributed by atoms with Crippen molar-refractivity contribution in [1.29, 1.82) is 0 Å². The molecule has 8 heteroatoms. The van der Waals surface area contributed by atoms with Gasteiger partial charge in [-0.2, -0.15) is 0 Å². The normalized spacial score (nSPS) is 15.1. The van der Waals surface area contributed by atoms with Crippen LogP contribution in [0, 0.1) is 5.92 Å². The van der Waals surface area contributed by atoms with E-state index >= 15 is 0 Å². The van der Waals surface area contributed by atoms with Crippen LogP contribution in [-0.4, -0.2) is 59.6 Å². The monoisotopic (exact) mass is 376 g/mol. The van der Waals surface area contributed by atoms with Crippen molar-refractivity contribution in [3.8, 4) is 0 Å². The summed E-state index contributed by atoms with van der Waals surface area (Å²) in [5.74, 6) is 0.00743. The highest BCUT2D eigenvalue weighted by molar-refractivity contribution is 5.92. The molecule has 27 heavy (non-hydrogen) atoms. The Morgan fingerprint density at radius 1 is 1.19 bits per heavy atom. The van der Waals surface area contributed by atoms with Gasteiger partial charge in [-0.3, -0.25) is 14.6 Å². The van der Waals surface area contributed by atoms with E-state index < -0.39 is 11.7 Å². The molecule has 148 valence electrons. The lowest BCUT2D eigenvalue weighted by Crippen LogP contribution is -2.46. The van der Waals surface area contributed by atoms with Crippen LogP contribution >= 0.6 is 0 Å². The summed E-state index contributed by atoms with van der Waals surface area (Å²) in [4.78, 5) is 41.6. The maximum atomic E-state index is 12.2. The van der Waals surface area contributed by atoms with Gasteiger partial charge in [-0.25, -0.2) is 4.79 Å². The summed E-state index contributed by atoms with van der Waals surface area (Å²) in [5, 5.41) is 5.39. The zero-order valence-electron chi connectivity index (χ0n) is 16.2. The molecule has 1 aromatic rings. The van der Waals surface area contributed by atoms with Gasteiger partial charge >= 0.3 is 6.09 Å². The van der Waals surface area contributed by atoms with Gasteiger partial charge in [0.15, 0.2) is 0 Å². The Balaban J connectivity index is 1.66. The van der Waals surface area contributed by atoms with E-state index in [9.17, 15) is 14.4 Å². The number of alkyl carbamates (subject to hydrolysis) is 1. The second-order valence-electron chi connectivity index (χ2n) is 7.60. The van der Waals surface area contributed by atoms with Crippen molar-refractivity contribution >= 4 is 17.9 Å². The number of hydrogen-bond acceptors (Lipinski definition) is 5. The highest BCUT2D eigenvalue weighted by atomic mass is 16.6. The van der Waals surface area contributed by atoms with E-state index in [0.29, 0.717) is 31.2 Å². The maximum absolute atomic E-state index is 12.2. The van der Waals surface area contributed by atoms with E-state index in [4.69, 9.17) is 4.74 Å². The SMILES string of the molecule is CC(C)(C)OC(=O)NCC(=O)N1CCC(CNC(=O)c2ccccn2)CC1. The average molecular weight is 376 g/mol. The number of amides is 3. The Morgan fingerprint density at radius 3 is 2.48 bits per heavy atom. The zero-order valence-corrected chi connectivity index (χ0v) is 16.2. The van der Waals surface area contributed by atoms with Crippen LogP contribution in [0.1, 0.15) is 44.1 Å². The van der Waals surface area contributed by atoms with Crippen LogP contribution in [0.2, 0.25) is 0 Å². The molecule has 0 aliphatic carbocycles. The predicted octanol–water partition coefficient (Wildman–Crippen LogP) is 1.57. The van der Waals surface area contributed by atoms with E-state index in [2.05, 4.69) is 15.6 Å². The lowest BCUT2D eigenvalue weighted by Gasteiger charge is -2.32. The topological polar surface area (TPSA) is 101 Å². The summed E-state index contributed by atoms with van der Waals surface area (Å²) < 4.78 is 5.12. The molecular formula is C19H28N4O4. The molecule has 0 aromatic carbocycles. The smallest absolute Gasteiger partial charge is 0.408 e. The molecule has 0 unspecified atom stereocenters. The number of aromatic nitrogens is 1. The molecule has 1 aromatic heterocycles. The van der Waals surface area contributed by atoms with Gasteiger partial charge in [-0.15, -0.1) is 0 Å². The van der Waals surface area contributed by atoms with E-state index in [-0.39, 0.29) is 18.4 Å². The fourth-order valence-electron chi connectivity index (χ4n) is 2.78. The molecule has 0 atom stereocenters. The lowest BCUT2D eigenvalue weighted by atomic mass is 9.96. The first-order valence-electron chi connectivity index (χ1n) is 9.18. The van der Waals surface area contributed by atoms with Crippen LogP contribution in [0.4, 0.5) is 4.79 Å². The second kappa shape index (κ2) is 9.34. The maximum Gasteiger partial charge on any atom is 0.408 e. The Labute approximate surface area is 159 Å². The Hall–Kier alpha value is -2.64. The van der Waals surface area contributed by atoms with Gasteiger partial charge in [0.05, 0.1) is 0 Å². The minimum atomic E-state index is -0.594. The summed E-state index contributed by atoms with van der Waals surface area (Å²) in [6.07, 6.45) is 2.61. The third kappa shape index (κ3) is 7.24. The standard InChI is InChI=1S/C19H28N4O4/c1-19(2,3)27-18(26)22-13-16(24)23-10-7-14(8-11-23)12-21-17(25)15-6-4-5-9-20-15/h4-6,9,14H,7-8,10-13H2,1-3H3,(H,21,25)(H,22,26). The molecule has 0 bridgehead atoms. The summed E-state index contributed by atoms with van der Waals surface area (Å²) in [7, 11) is 0. The molecule has 1 saturated heterocycles. The van der Waals surface area contributed by atoms with Crippen molar-refractivity contribution in [3.63, 3.8) is 0 Å². The van der Waals surface area contributed by atoms with Crippen LogP contribution in [0.15, 0.2) is 24.4 Å². The fraction of sp³-hybridized carbons (Fsp3) is 0.579. The second-order valence-corrected chi connectivity index (χ2v) is 7.60. The van der Waals surface area contributed by atoms with Crippen molar-refractivity contribution < 1.29 is 19.1 Å². The molecule has 8 nitrogen and oxygen atoms in total. The van der Waals surface area contributed by atoms with Crippen molar-refractivity contribution in [2.45, 2.75) is 39.2 Å². The van der Waals surface area contributed by atoms with Gasteiger partial charge in [0.1, 0.15) is 17.8 Å². The number of carbonyl (C=O) groups is 3. The van der Waals surface area contributed by atoms with Crippen molar-refractivity contribution in [3.05, 3.63) is 30.1 Å². The number of piperidine rings is 1. The summed E-state index contributed by atoms with van der Waals surface area (Å²) in [6.45, 7) is 7.02. The molecule has 2 N–H and O–H groups in total. The number of ether oxygens (including phenoxy) is 1. The largest absolute Gasteiger partial charge is 0.444 e. The van der Waals surface area contributed by atoms with Crippen LogP contribution in [0.5, 0.6) is 0 Å². The molecule has 2 heterocycles. The Morgan fingerprint density at radius 2 is 1.89 bits per heavy atom. The molecule has 0 spiro atoms. The van der Waals surface area contributed by atoms with Crippen LogP contribution in [0.3, 0.4) is 0 Å². The minimum Gasteiger partial charge on any atom is -0.444 e. The lowest BCUT2D eigenvalue weighted by molar-refractivity contribution is -0.131. The molecule has 0 saturated carbocycles. The number of pyridine rings is 1. The fourth-order valence-corrected chi connectivity index (χ4v) is 2.78. The third-order valence-electron chi connectivity index (χ3n) is 4.20. The Bertz CT molecular complexity index is 649. The van der Waals surface area contributed by atoms with Crippen LogP contribution in [-0.2, 0) is 9.53 Å². The summed E-state index contributed by atoms with van der Waals surface area (Å²) in [5.41, 5.74) is -0.191. The highest BCUT2D eigenvalue weighted by Gasteiger charge is 2.24. The number of carbonyl (C=O) groups excluding carboxylic acids is 3. The van der Waals surface area contributed by atoms with Crippen molar-refractivity contribution in [2.75, 3.05) is 26.2 Å². The Kier molecular flexibility index (Phi) is 7.15. The first-order chi connectivity index (χ1) is 12.7. The summed E-state index contributed by atoms with van der Waals surface area (Å²) >= 11 is 0. The minimum absolute atomic E-state index is 0.0734. The molecule has 1 aliphatic rings. The quantitative estimate of drug-likeness (QED) is 0.812. The summed E-state index contributed by atoms with van der Waals surface area (Å²) in [6, 6.07) is 5.22. The van der Waals surface area contributed by atoms with Crippen LogP contribution < -0.4 is 10.6 Å². The van der Waals surface area contributed by atoms with Crippen molar-refractivity contribution in [1.82, 2.24) is 20.5 Å². The van der Waals surface area contributed by atoms with E-state index in [1.165, 1.54) is 0 Å². The van der Waals surface area contributed by atoms with Gasteiger partial charge in [0.2, 0.25) is 5.91 Å². The van der Waals surface area contributed by atoms with E-state index in [1.54, 1.807) is 50.1 Å². The van der Waals surface area contributed by atoms with Gasteiger partial charge in [0.25, 0.3) is 5.91 Å². The molecule has 1 aliphatic heterocycles. The third-order valence-corrected chi connectivity index (χ3v) is 4.20. The van der Waals surface area contributed by atoms with Gasteiger partial charge in [0, 0.05) is 25.8 Å². The van der Waals surface area contributed by atoms with Gasteiger partial charge in [-0.05, 0) is 51.7 Å². The van der Waals surface area contributed by atoms with Gasteiger partial charge in [-0.1, -0.05) is 6.07 Å². The molecule has 1 fully saturated rings. The van der Waals surface area contributed by atoms with Gasteiger partial charge < -0.3 is 20.3 Å². The van der Waals surface area contributed by atoms with E-state index in [1.807, 2.05) is 0 Å².